The second kappa shape index (κ2) is 5.08. The van der Waals surface area contributed by atoms with Gasteiger partial charge in [0.25, 0.3) is 0 Å². The predicted molar refractivity (Wildman–Crippen MR) is 68.5 cm³/mol. The van der Waals surface area contributed by atoms with E-state index in [1.54, 1.807) is 0 Å². The van der Waals surface area contributed by atoms with Crippen LogP contribution in [0.2, 0.25) is 0 Å². The fourth-order valence-corrected chi connectivity index (χ4v) is 3.71. The summed E-state index contributed by atoms with van der Waals surface area (Å²) in [6, 6.07) is 0.624. The van der Waals surface area contributed by atoms with Gasteiger partial charge in [-0.15, -0.1) is 0 Å². The molecule has 3 unspecified atom stereocenters. The minimum Gasteiger partial charge on any atom is -0.394 e. The van der Waals surface area contributed by atoms with Crippen LogP contribution in [-0.2, 0) is 9.47 Å². The van der Waals surface area contributed by atoms with Crippen molar-refractivity contribution in [2.45, 2.75) is 62.9 Å². The largest absolute Gasteiger partial charge is 0.394 e. The molecule has 1 N–H and O–H groups in total. The first kappa shape index (κ1) is 12.9. The average molecular weight is 255 g/mol. The molecule has 1 spiro atoms. The smallest absolute Gasteiger partial charge is 0.0936 e. The number of hydrogen-bond acceptors (Lipinski definition) is 4. The standard InChI is InChI=1S/C14H25NO3/c1-11-8-15(9-13(10-16)18-11)12-3-6-17-14(7-12)4-2-5-14/h11-13,16H,2-10H2,1H3. The van der Waals surface area contributed by atoms with Crippen molar-refractivity contribution in [3.8, 4) is 0 Å². The van der Waals surface area contributed by atoms with Crippen molar-refractivity contribution in [2.24, 2.45) is 0 Å². The SMILES string of the molecule is CC1CN(C2CCOC3(CCC3)C2)CC(CO)O1. The lowest BCUT2D eigenvalue weighted by Crippen LogP contribution is -2.57. The van der Waals surface area contributed by atoms with E-state index in [1.807, 2.05) is 0 Å². The Balaban J connectivity index is 1.62. The summed E-state index contributed by atoms with van der Waals surface area (Å²) in [5, 5.41) is 9.31. The molecule has 1 saturated carbocycles. The van der Waals surface area contributed by atoms with Gasteiger partial charge in [0.1, 0.15) is 0 Å². The minimum absolute atomic E-state index is 0.00562. The Bertz CT molecular complexity index is 293. The third-order valence-electron chi connectivity index (χ3n) is 4.81. The molecule has 2 aliphatic heterocycles. The molecule has 18 heavy (non-hydrogen) atoms. The van der Waals surface area contributed by atoms with Crippen LogP contribution in [-0.4, -0.2) is 60.2 Å². The molecular formula is C14H25NO3. The van der Waals surface area contributed by atoms with Crippen LogP contribution < -0.4 is 0 Å². The predicted octanol–water partition coefficient (Wildman–Crippen LogP) is 1.17. The molecule has 104 valence electrons. The Morgan fingerprint density at radius 1 is 1.33 bits per heavy atom. The van der Waals surface area contributed by atoms with Crippen molar-refractivity contribution in [3.05, 3.63) is 0 Å². The molecular weight excluding hydrogens is 230 g/mol. The summed E-state index contributed by atoms with van der Waals surface area (Å²) >= 11 is 0. The summed E-state index contributed by atoms with van der Waals surface area (Å²) in [5.41, 5.74) is 0.208. The second-order valence-electron chi connectivity index (χ2n) is 6.24. The molecule has 3 fully saturated rings. The molecule has 1 aliphatic carbocycles. The molecule has 0 aromatic heterocycles. The highest BCUT2D eigenvalue weighted by atomic mass is 16.5. The number of aliphatic hydroxyl groups excluding tert-OH is 1. The summed E-state index contributed by atoms with van der Waals surface area (Å²) < 4.78 is 11.7. The van der Waals surface area contributed by atoms with E-state index in [0.717, 1.165) is 26.1 Å². The van der Waals surface area contributed by atoms with Gasteiger partial charge in [-0.2, -0.15) is 0 Å². The molecule has 2 saturated heterocycles. The first-order valence-corrected chi connectivity index (χ1v) is 7.35. The molecule has 0 radical (unpaired) electrons. The Morgan fingerprint density at radius 2 is 2.17 bits per heavy atom. The molecule has 4 nitrogen and oxygen atoms in total. The number of nitrogens with zero attached hydrogens (tertiary/aromatic N) is 1. The molecule has 4 heteroatoms. The van der Waals surface area contributed by atoms with E-state index in [4.69, 9.17) is 9.47 Å². The van der Waals surface area contributed by atoms with E-state index in [-0.39, 0.29) is 24.4 Å². The number of morpholine rings is 1. The Labute approximate surface area is 109 Å². The Kier molecular flexibility index (Phi) is 3.63. The molecule has 2 heterocycles. The van der Waals surface area contributed by atoms with Crippen LogP contribution in [0.15, 0.2) is 0 Å². The van der Waals surface area contributed by atoms with Gasteiger partial charge in [-0.05, 0) is 39.0 Å². The van der Waals surface area contributed by atoms with Crippen molar-refractivity contribution in [3.63, 3.8) is 0 Å². The maximum Gasteiger partial charge on any atom is 0.0936 e. The molecule has 0 bridgehead atoms. The number of ether oxygens (including phenoxy) is 2. The van der Waals surface area contributed by atoms with Gasteiger partial charge in [0.2, 0.25) is 0 Å². The summed E-state index contributed by atoms with van der Waals surface area (Å²) in [7, 11) is 0. The first-order chi connectivity index (χ1) is 8.71. The zero-order chi connectivity index (χ0) is 12.6. The van der Waals surface area contributed by atoms with Crippen LogP contribution in [0.3, 0.4) is 0 Å². The van der Waals surface area contributed by atoms with Gasteiger partial charge < -0.3 is 14.6 Å². The maximum atomic E-state index is 9.31. The topological polar surface area (TPSA) is 41.9 Å². The Hall–Kier alpha value is -0.160. The first-order valence-electron chi connectivity index (χ1n) is 7.35. The van der Waals surface area contributed by atoms with E-state index >= 15 is 0 Å². The Morgan fingerprint density at radius 3 is 2.83 bits per heavy atom. The van der Waals surface area contributed by atoms with Crippen LogP contribution in [0.4, 0.5) is 0 Å². The van der Waals surface area contributed by atoms with Crippen LogP contribution >= 0.6 is 0 Å². The zero-order valence-corrected chi connectivity index (χ0v) is 11.3. The van der Waals surface area contributed by atoms with Gasteiger partial charge in [-0.1, -0.05) is 0 Å². The average Bonchev–Trinajstić information content (AvgIpc) is 2.36. The van der Waals surface area contributed by atoms with Gasteiger partial charge in [0.05, 0.1) is 24.4 Å². The second-order valence-corrected chi connectivity index (χ2v) is 6.24. The van der Waals surface area contributed by atoms with Crippen LogP contribution in [0.1, 0.15) is 39.0 Å². The lowest BCUT2D eigenvalue weighted by atomic mass is 9.73. The summed E-state index contributed by atoms with van der Waals surface area (Å²) in [6.07, 6.45) is 6.35. The van der Waals surface area contributed by atoms with Crippen LogP contribution in [0.5, 0.6) is 0 Å². The van der Waals surface area contributed by atoms with Crippen LogP contribution in [0, 0.1) is 0 Å². The normalized spacial score (nSPS) is 40.7. The van der Waals surface area contributed by atoms with Crippen molar-refractivity contribution >= 4 is 0 Å². The quantitative estimate of drug-likeness (QED) is 0.804. The van der Waals surface area contributed by atoms with Gasteiger partial charge in [0.15, 0.2) is 0 Å². The molecule has 3 aliphatic rings. The molecule has 3 atom stereocenters. The van der Waals surface area contributed by atoms with Gasteiger partial charge >= 0.3 is 0 Å². The lowest BCUT2D eigenvalue weighted by Gasteiger charge is -2.51. The lowest BCUT2D eigenvalue weighted by molar-refractivity contribution is -0.167. The highest BCUT2D eigenvalue weighted by molar-refractivity contribution is 4.97. The van der Waals surface area contributed by atoms with Crippen molar-refractivity contribution < 1.29 is 14.6 Å². The minimum atomic E-state index is -0.00562. The molecule has 0 amide bonds. The number of aliphatic hydroxyl groups is 1. The molecule has 0 aromatic rings. The fraction of sp³-hybridized carbons (Fsp3) is 1.00. The number of hydrogen-bond donors (Lipinski definition) is 1. The highest BCUT2D eigenvalue weighted by Crippen LogP contribution is 2.43. The van der Waals surface area contributed by atoms with Gasteiger partial charge in [-0.25, -0.2) is 0 Å². The monoisotopic (exact) mass is 255 g/mol. The summed E-state index contributed by atoms with van der Waals surface area (Å²) in [6.45, 7) is 5.02. The zero-order valence-electron chi connectivity index (χ0n) is 11.3. The van der Waals surface area contributed by atoms with Gasteiger partial charge in [-0.3, -0.25) is 4.90 Å². The highest BCUT2D eigenvalue weighted by Gasteiger charge is 2.44. The summed E-state index contributed by atoms with van der Waals surface area (Å²) in [5.74, 6) is 0. The fourth-order valence-electron chi connectivity index (χ4n) is 3.71. The van der Waals surface area contributed by atoms with E-state index in [0.29, 0.717) is 6.04 Å². The summed E-state index contributed by atoms with van der Waals surface area (Å²) in [4.78, 5) is 2.53. The number of rotatable bonds is 2. The third kappa shape index (κ3) is 2.44. The van der Waals surface area contributed by atoms with Crippen LogP contribution in [0.25, 0.3) is 0 Å². The van der Waals surface area contributed by atoms with Gasteiger partial charge in [0, 0.05) is 25.7 Å². The van der Waals surface area contributed by atoms with Crippen molar-refractivity contribution in [1.82, 2.24) is 4.90 Å². The molecule has 0 aromatic carbocycles. The third-order valence-corrected chi connectivity index (χ3v) is 4.81. The van der Waals surface area contributed by atoms with E-state index in [2.05, 4.69) is 11.8 Å². The molecule has 3 rings (SSSR count). The van der Waals surface area contributed by atoms with E-state index in [9.17, 15) is 5.11 Å². The van der Waals surface area contributed by atoms with Crippen molar-refractivity contribution in [1.29, 1.82) is 0 Å². The van der Waals surface area contributed by atoms with E-state index in [1.165, 1.54) is 25.7 Å². The van der Waals surface area contributed by atoms with Crippen molar-refractivity contribution in [2.75, 3.05) is 26.3 Å². The van der Waals surface area contributed by atoms with E-state index < -0.39 is 0 Å². The maximum absolute atomic E-state index is 9.31.